The van der Waals surface area contributed by atoms with Gasteiger partial charge in [-0.2, -0.15) is 0 Å². The minimum absolute atomic E-state index is 0.224. The molecule has 2 atom stereocenters. The summed E-state index contributed by atoms with van der Waals surface area (Å²) in [5.41, 5.74) is 1.47. The quantitative estimate of drug-likeness (QED) is 0.714. The van der Waals surface area contributed by atoms with Gasteiger partial charge in [0.2, 0.25) is 0 Å². The van der Waals surface area contributed by atoms with Gasteiger partial charge in [0.1, 0.15) is 0 Å². The molecule has 0 saturated carbocycles. The van der Waals surface area contributed by atoms with Gasteiger partial charge in [0, 0.05) is 29.3 Å². The minimum Gasteiger partial charge on any atom is -0.449 e. The number of rotatable bonds is 7. The number of halogens is 1. The van der Waals surface area contributed by atoms with Crippen LogP contribution in [-0.4, -0.2) is 29.5 Å². The molecule has 0 aliphatic carbocycles. The smallest absolute Gasteiger partial charge is 0.340 e. The van der Waals surface area contributed by atoms with Crippen LogP contribution in [0.4, 0.5) is 0 Å². The molecule has 0 saturated heterocycles. The second-order valence-corrected chi connectivity index (χ2v) is 6.62. The Kier molecular flexibility index (Phi) is 7.13. The van der Waals surface area contributed by atoms with Crippen LogP contribution in [0.25, 0.3) is 0 Å². The lowest BCUT2D eigenvalue weighted by Gasteiger charge is -2.18. The van der Waals surface area contributed by atoms with E-state index in [0.29, 0.717) is 16.6 Å². The van der Waals surface area contributed by atoms with Crippen molar-refractivity contribution < 1.29 is 14.3 Å². The number of ether oxygens (including phenoxy) is 1. The maximum Gasteiger partial charge on any atom is 0.340 e. The van der Waals surface area contributed by atoms with Crippen LogP contribution in [0, 0.1) is 0 Å². The summed E-state index contributed by atoms with van der Waals surface area (Å²) in [4.78, 5) is 28.2. The highest BCUT2D eigenvalue weighted by atomic mass is 79.9. The predicted molar refractivity (Wildman–Crippen MR) is 99.3 cm³/mol. The lowest BCUT2D eigenvalue weighted by atomic mass is 9.96. The molecule has 2 aromatic rings. The first kappa shape index (κ1) is 19.1. The van der Waals surface area contributed by atoms with E-state index in [2.05, 4.69) is 33.2 Å². The lowest BCUT2D eigenvalue weighted by Crippen LogP contribution is -2.38. The molecule has 2 rings (SSSR count). The van der Waals surface area contributed by atoms with Crippen molar-refractivity contribution in [2.24, 2.45) is 0 Å². The molecule has 25 heavy (non-hydrogen) atoms. The van der Waals surface area contributed by atoms with E-state index in [-0.39, 0.29) is 11.8 Å². The predicted octanol–water partition coefficient (Wildman–Crippen LogP) is 3.70. The summed E-state index contributed by atoms with van der Waals surface area (Å²) in [7, 11) is 0. The maximum atomic E-state index is 12.2. The van der Waals surface area contributed by atoms with Gasteiger partial charge in [-0.3, -0.25) is 9.78 Å². The normalized spacial score (nSPS) is 12.9. The number of nitrogens with zero attached hydrogens (tertiary/aromatic N) is 1. The van der Waals surface area contributed by atoms with Gasteiger partial charge in [-0.05, 0) is 40.9 Å². The number of benzene rings is 1. The third kappa shape index (κ3) is 5.67. The summed E-state index contributed by atoms with van der Waals surface area (Å²) in [6.07, 6.45) is 3.00. The molecule has 0 radical (unpaired) electrons. The van der Waals surface area contributed by atoms with Gasteiger partial charge in [-0.1, -0.05) is 37.3 Å². The van der Waals surface area contributed by atoms with Crippen LogP contribution in [0.3, 0.4) is 0 Å². The zero-order valence-corrected chi connectivity index (χ0v) is 15.8. The second-order valence-electron chi connectivity index (χ2n) is 5.70. The van der Waals surface area contributed by atoms with Gasteiger partial charge in [0.15, 0.2) is 6.10 Å². The molecule has 0 spiro atoms. The van der Waals surface area contributed by atoms with Crippen molar-refractivity contribution in [1.29, 1.82) is 0 Å². The van der Waals surface area contributed by atoms with Crippen LogP contribution in [0.1, 0.15) is 42.1 Å². The number of carbonyl (C=O) groups excluding carboxylic acids is 2. The molecule has 0 fully saturated rings. The highest BCUT2D eigenvalue weighted by Crippen LogP contribution is 2.18. The fourth-order valence-corrected chi connectivity index (χ4v) is 2.76. The summed E-state index contributed by atoms with van der Waals surface area (Å²) in [6, 6.07) is 11.6. The summed E-state index contributed by atoms with van der Waals surface area (Å²) >= 11 is 3.25. The first-order valence-corrected chi connectivity index (χ1v) is 8.94. The van der Waals surface area contributed by atoms with E-state index >= 15 is 0 Å². The van der Waals surface area contributed by atoms with Crippen molar-refractivity contribution in [3.8, 4) is 0 Å². The molecule has 1 N–H and O–H groups in total. The van der Waals surface area contributed by atoms with Gasteiger partial charge in [0.25, 0.3) is 5.91 Å². The fourth-order valence-electron chi connectivity index (χ4n) is 2.40. The van der Waals surface area contributed by atoms with Crippen LogP contribution in [0.15, 0.2) is 53.3 Å². The average molecular weight is 405 g/mol. The Bertz CT molecular complexity index is 722. The number of nitrogens with one attached hydrogen (secondary N) is 1. The Labute approximate surface area is 155 Å². The zero-order valence-electron chi connectivity index (χ0n) is 14.2. The topological polar surface area (TPSA) is 68.3 Å². The van der Waals surface area contributed by atoms with Crippen LogP contribution in [-0.2, 0) is 9.53 Å². The SMILES string of the molecule is CC[C@@H](CNC(=O)[C@@H](C)OC(=O)c1cncc(Br)c1)c1ccccc1. The molecule has 132 valence electrons. The monoisotopic (exact) mass is 404 g/mol. The third-order valence-electron chi connectivity index (χ3n) is 3.88. The van der Waals surface area contributed by atoms with Gasteiger partial charge in [0.05, 0.1) is 5.56 Å². The summed E-state index contributed by atoms with van der Waals surface area (Å²) in [5.74, 6) is -0.667. The van der Waals surface area contributed by atoms with Gasteiger partial charge in [-0.15, -0.1) is 0 Å². The van der Waals surface area contributed by atoms with Crippen molar-refractivity contribution in [3.63, 3.8) is 0 Å². The van der Waals surface area contributed by atoms with Crippen molar-refractivity contribution in [2.45, 2.75) is 32.3 Å². The number of aromatic nitrogens is 1. The Hall–Kier alpha value is -2.21. The Morgan fingerprint density at radius 3 is 2.60 bits per heavy atom. The molecule has 0 bridgehead atoms. The van der Waals surface area contributed by atoms with Crippen molar-refractivity contribution in [3.05, 3.63) is 64.4 Å². The average Bonchev–Trinajstić information content (AvgIpc) is 2.62. The number of esters is 1. The van der Waals surface area contributed by atoms with E-state index in [1.165, 1.54) is 11.8 Å². The van der Waals surface area contributed by atoms with Crippen LogP contribution in [0.2, 0.25) is 0 Å². The molecule has 0 aliphatic rings. The number of pyridine rings is 1. The van der Waals surface area contributed by atoms with Gasteiger partial charge >= 0.3 is 5.97 Å². The summed E-state index contributed by atoms with van der Waals surface area (Å²) < 4.78 is 5.89. The molecular weight excluding hydrogens is 384 g/mol. The van der Waals surface area contributed by atoms with E-state index in [0.717, 1.165) is 6.42 Å². The molecule has 1 aromatic heterocycles. The second kappa shape index (κ2) is 9.32. The van der Waals surface area contributed by atoms with E-state index in [1.807, 2.05) is 30.3 Å². The molecule has 5 nitrogen and oxygen atoms in total. The van der Waals surface area contributed by atoms with Crippen molar-refractivity contribution in [2.75, 3.05) is 6.54 Å². The molecule has 0 aliphatic heterocycles. The fraction of sp³-hybridized carbons (Fsp3) is 0.316. The first-order chi connectivity index (χ1) is 12.0. The molecular formula is C19H21BrN2O3. The van der Waals surface area contributed by atoms with Crippen LogP contribution < -0.4 is 5.32 Å². The van der Waals surface area contributed by atoms with E-state index in [1.54, 1.807) is 19.2 Å². The highest BCUT2D eigenvalue weighted by molar-refractivity contribution is 9.10. The minimum atomic E-state index is -0.875. The lowest BCUT2D eigenvalue weighted by molar-refractivity contribution is -0.129. The Morgan fingerprint density at radius 1 is 1.24 bits per heavy atom. The number of hydrogen-bond donors (Lipinski definition) is 1. The molecule has 1 aromatic carbocycles. The van der Waals surface area contributed by atoms with Crippen molar-refractivity contribution >= 4 is 27.8 Å². The summed E-state index contributed by atoms with van der Waals surface area (Å²) in [5, 5.41) is 2.86. The van der Waals surface area contributed by atoms with Gasteiger partial charge < -0.3 is 10.1 Å². The van der Waals surface area contributed by atoms with Crippen molar-refractivity contribution in [1.82, 2.24) is 10.3 Å². The molecule has 6 heteroatoms. The molecule has 1 heterocycles. The molecule has 0 unspecified atom stereocenters. The number of amides is 1. The van der Waals surface area contributed by atoms with E-state index in [9.17, 15) is 9.59 Å². The highest BCUT2D eigenvalue weighted by Gasteiger charge is 2.20. The van der Waals surface area contributed by atoms with E-state index in [4.69, 9.17) is 4.74 Å². The standard InChI is InChI=1S/C19H21BrN2O3/c1-3-14(15-7-5-4-6-8-15)11-22-18(23)13(2)25-19(24)16-9-17(20)12-21-10-16/h4-10,12-14H,3,11H2,1-2H3,(H,22,23)/t13-,14+/m1/s1. The number of hydrogen-bond acceptors (Lipinski definition) is 4. The Balaban J connectivity index is 1.88. The van der Waals surface area contributed by atoms with Crippen LogP contribution in [0.5, 0.6) is 0 Å². The third-order valence-corrected chi connectivity index (χ3v) is 4.31. The van der Waals surface area contributed by atoms with Crippen LogP contribution >= 0.6 is 15.9 Å². The largest absolute Gasteiger partial charge is 0.449 e. The summed E-state index contributed by atoms with van der Waals surface area (Å²) in [6.45, 7) is 4.13. The number of carbonyl (C=O) groups is 2. The maximum absolute atomic E-state index is 12.2. The zero-order chi connectivity index (χ0) is 18.2. The first-order valence-electron chi connectivity index (χ1n) is 8.15. The van der Waals surface area contributed by atoms with Gasteiger partial charge in [-0.25, -0.2) is 4.79 Å². The molecule has 1 amide bonds. The van der Waals surface area contributed by atoms with E-state index < -0.39 is 12.1 Å². The Morgan fingerprint density at radius 2 is 1.96 bits per heavy atom.